The number of carbonyl (C=O) groups is 1. The number of carbonyl (C=O) groups excluding carboxylic acids is 1. The quantitative estimate of drug-likeness (QED) is 0.772. The van der Waals surface area contributed by atoms with Gasteiger partial charge in [0.1, 0.15) is 0 Å². The molecule has 0 radical (unpaired) electrons. The van der Waals surface area contributed by atoms with Crippen molar-refractivity contribution < 1.29 is 4.79 Å². The maximum Gasteiger partial charge on any atom is 0.275 e. The van der Waals surface area contributed by atoms with E-state index in [9.17, 15) is 4.79 Å². The molecule has 0 N–H and O–H groups in total. The van der Waals surface area contributed by atoms with E-state index in [-0.39, 0.29) is 5.91 Å². The summed E-state index contributed by atoms with van der Waals surface area (Å²) in [6.07, 6.45) is 2.26. The first kappa shape index (κ1) is 12.4. The van der Waals surface area contributed by atoms with Crippen LogP contribution in [0.1, 0.15) is 35.9 Å². The Morgan fingerprint density at radius 1 is 1.53 bits per heavy atom. The molecule has 1 aromatic heterocycles. The molecule has 0 aromatic carbocycles. The van der Waals surface area contributed by atoms with Crippen molar-refractivity contribution in [2.45, 2.75) is 26.7 Å². The number of aromatic nitrogens is 2. The SMILES string of the molecule is Cc1c(Cl)c(C(=O)N2CCC[C@@H](C)C2)nn1C. The molecule has 5 heteroatoms. The van der Waals surface area contributed by atoms with Gasteiger partial charge >= 0.3 is 0 Å². The average Bonchev–Trinajstić information content (AvgIpc) is 2.56. The number of halogens is 1. The lowest BCUT2D eigenvalue weighted by atomic mass is 10.00. The molecule has 4 nitrogen and oxygen atoms in total. The van der Waals surface area contributed by atoms with Crippen molar-refractivity contribution in [1.29, 1.82) is 0 Å². The van der Waals surface area contributed by atoms with Crippen LogP contribution in [-0.4, -0.2) is 33.7 Å². The lowest BCUT2D eigenvalue weighted by Gasteiger charge is -2.30. The third-order valence-electron chi connectivity index (χ3n) is 3.41. The first-order chi connectivity index (χ1) is 8.00. The van der Waals surface area contributed by atoms with Gasteiger partial charge in [-0.3, -0.25) is 9.48 Å². The zero-order chi connectivity index (χ0) is 12.6. The van der Waals surface area contributed by atoms with E-state index in [0.717, 1.165) is 25.2 Å². The molecule has 1 amide bonds. The molecule has 1 aliphatic heterocycles. The van der Waals surface area contributed by atoms with E-state index in [1.165, 1.54) is 6.42 Å². The Bertz CT molecular complexity index is 441. The van der Waals surface area contributed by atoms with E-state index < -0.39 is 0 Å². The van der Waals surface area contributed by atoms with Crippen molar-refractivity contribution in [3.8, 4) is 0 Å². The summed E-state index contributed by atoms with van der Waals surface area (Å²) in [6, 6.07) is 0. The zero-order valence-electron chi connectivity index (χ0n) is 10.5. The van der Waals surface area contributed by atoms with Gasteiger partial charge in [0, 0.05) is 20.1 Å². The van der Waals surface area contributed by atoms with Crippen LogP contribution in [0.15, 0.2) is 0 Å². The molecular formula is C12H18ClN3O. The minimum Gasteiger partial charge on any atom is -0.337 e. The molecule has 94 valence electrons. The van der Waals surface area contributed by atoms with Gasteiger partial charge in [-0.15, -0.1) is 0 Å². The van der Waals surface area contributed by atoms with Crippen molar-refractivity contribution in [1.82, 2.24) is 14.7 Å². The molecule has 0 unspecified atom stereocenters. The monoisotopic (exact) mass is 255 g/mol. The smallest absolute Gasteiger partial charge is 0.275 e. The fourth-order valence-electron chi connectivity index (χ4n) is 2.24. The van der Waals surface area contributed by atoms with Crippen molar-refractivity contribution in [2.24, 2.45) is 13.0 Å². The largest absolute Gasteiger partial charge is 0.337 e. The van der Waals surface area contributed by atoms with Crippen LogP contribution in [0.3, 0.4) is 0 Å². The summed E-state index contributed by atoms with van der Waals surface area (Å²) < 4.78 is 1.66. The van der Waals surface area contributed by atoms with Gasteiger partial charge in [-0.25, -0.2) is 0 Å². The second kappa shape index (κ2) is 4.69. The molecular weight excluding hydrogens is 238 g/mol. The van der Waals surface area contributed by atoms with Gasteiger partial charge in [-0.05, 0) is 25.7 Å². The number of likely N-dealkylation sites (tertiary alicyclic amines) is 1. The highest BCUT2D eigenvalue weighted by Gasteiger charge is 2.26. The summed E-state index contributed by atoms with van der Waals surface area (Å²) in [7, 11) is 1.80. The maximum absolute atomic E-state index is 12.3. The molecule has 1 atom stereocenters. The van der Waals surface area contributed by atoms with E-state index in [4.69, 9.17) is 11.6 Å². The summed E-state index contributed by atoms with van der Waals surface area (Å²) in [5.41, 5.74) is 1.22. The van der Waals surface area contributed by atoms with Gasteiger partial charge in [0.2, 0.25) is 0 Å². The third-order valence-corrected chi connectivity index (χ3v) is 3.86. The fourth-order valence-corrected chi connectivity index (χ4v) is 2.48. The minimum absolute atomic E-state index is 0.0368. The predicted molar refractivity (Wildman–Crippen MR) is 67.3 cm³/mol. The van der Waals surface area contributed by atoms with Gasteiger partial charge < -0.3 is 4.90 Å². The van der Waals surface area contributed by atoms with Crippen LogP contribution in [0.4, 0.5) is 0 Å². The number of hydrogen-bond acceptors (Lipinski definition) is 2. The molecule has 1 saturated heterocycles. The minimum atomic E-state index is -0.0368. The van der Waals surface area contributed by atoms with Crippen molar-refractivity contribution in [2.75, 3.05) is 13.1 Å². The van der Waals surface area contributed by atoms with Gasteiger partial charge in [0.05, 0.1) is 10.7 Å². The summed E-state index contributed by atoms with van der Waals surface area (Å²) in [5.74, 6) is 0.529. The lowest BCUT2D eigenvalue weighted by molar-refractivity contribution is 0.0676. The van der Waals surface area contributed by atoms with Crippen LogP contribution < -0.4 is 0 Å². The Kier molecular flexibility index (Phi) is 3.43. The predicted octanol–water partition coefficient (Wildman–Crippen LogP) is 2.25. The first-order valence-corrected chi connectivity index (χ1v) is 6.37. The summed E-state index contributed by atoms with van der Waals surface area (Å²) in [6.45, 7) is 5.66. The van der Waals surface area contributed by atoms with E-state index >= 15 is 0 Å². The first-order valence-electron chi connectivity index (χ1n) is 5.99. The van der Waals surface area contributed by atoms with Crippen LogP contribution in [0.5, 0.6) is 0 Å². The standard InChI is InChI=1S/C12H18ClN3O/c1-8-5-4-6-16(7-8)12(17)11-10(13)9(2)15(3)14-11/h8H,4-7H2,1-3H3/t8-/m1/s1. The van der Waals surface area contributed by atoms with Crippen LogP contribution in [-0.2, 0) is 7.05 Å². The normalized spacial score (nSPS) is 20.7. The Morgan fingerprint density at radius 2 is 2.24 bits per heavy atom. The highest BCUT2D eigenvalue weighted by Crippen LogP contribution is 2.23. The maximum atomic E-state index is 12.3. The van der Waals surface area contributed by atoms with Crippen LogP contribution >= 0.6 is 11.6 Å². The Labute approximate surface area is 107 Å². The van der Waals surface area contributed by atoms with E-state index in [1.807, 2.05) is 11.8 Å². The summed E-state index contributed by atoms with van der Waals surface area (Å²) >= 11 is 6.13. The molecule has 0 aliphatic carbocycles. The van der Waals surface area contributed by atoms with E-state index in [2.05, 4.69) is 12.0 Å². The Morgan fingerprint density at radius 3 is 2.76 bits per heavy atom. The van der Waals surface area contributed by atoms with E-state index in [1.54, 1.807) is 11.7 Å². The molecule has 17 heavy (non-hydrogen) atoms. The summed E-state index contributed by atoms with van der Waals surface area (Å²) in [4.78, 5) is 14.2. The molecule has 2 heterocycles. The van der Waals surface area contributed by atoms with Crippen LogP contribution in [0, 0.1) is 12.8 Å². The van der Waals surface area contributed by atoms with Crippen LogP contribution in [0.25, 0.3) is 0 Å². The van der Waals surface area contributed by atoms with Gasteiger partial charge in [-0.2, -0.15) is 5.10 Å². The third kappa shape index (κ3) is 2.32. The van der Waals surface area contributed by atoms with E-state index in [0.29, 0.717) is 16.6 Å². The van der Waals surface area contributed by atoms with Crippen molar-refractivity contribution in [3.63, 3.8) is 0 Å². The number of aryl methyl sites for hydroxylation is 1. The van der Waals surface area contributed by atoms with Crippen molar-refractivity contribution >= 4 is 17.5 Å². The highest BCUT2D eigenvalue weighted by molar-refractivity contribution is 6.34. The Hall–Kier alpha value is -1.03. The number of nitrogens with zero attached hydrogens (tertiary/aromatic N) is 3. The second-order valence-electron chi connectivity index (χ2n) is 4.87. The van der Waals surface area contributed by atoms with Gasteiger partial charge in [0.15, 0.2) is 5.69 Å². The lowest BCUT2D eigenvalue weighted by Crippen LogP contribution is -2.39. The van der Waals surface area contributed by atoms with Gasteiger partial charge in [0.25, 0.3) is 5.91 Å². The molecule has 0 spiro atoms. The molecule has 1 fully saturated rings. The highest BCUT2D eigenvalue weighted by atomic mass is 35.5. The molecule has 0 saturated carbocycles. The fraction of sp³-hybridized carbons (Fsp3) is 0.667. The topological polar surface area (TPSA) is 38.1 Å². The number of amides is 1. The number of hydrogen-bond donors (Lipinski definition) is 0. The van der Waals surface area contributed by atoms with Gasteiger partial charge in [-0.1, -0.05) is 18.5 Å². The molecule has 0 bridgehead atoms. The molecule has 1 aromatic rings. The number of rotatable bonds is 1. The van der Waals surface area contributed by atoms with Crippen molar-refractivity contribution in [3.05, 3.63) is 16.4 Å². The summed E-state index contributed by atoms with van der Waals surface area (Å²) in [5, 5.41) is 4.69. The number of piperidine rings is 1. The molecule has 2 rings (SSSR count). The second-order valence-corrected chi connectivity index (χ2v) is 5.25. The average molecular weight is 256 g/mol. The van der Waals surface area contributed by atoms with Crippen LogP contribution in [0.2, 0.25) is 5.02 Å². The molecule has 1 aliphatic rings. The zero-order valence-corrected chi connectivity index (χ0v) is 11.3. The Balaban J connectivity index is 2.21.